The number of aryl methyl sites for hydroxylation is 3. The number of quaternary nitrogens is 1. The first-order valence-corrected chi connectivity index (χ1v) is 10.7. The maximum atomic E-state index is 12.7. The predicted octanol–water partition coefficient (Wildman–Crippen LogP) is 2.17. The Hall–Kier alpha value is -2.22. The van der Waals surface area contributed by atoms with E-state index >= 15 is 0 Å². The zero-order valence-electron chi connectivity index (χ0n) is 16.9. The van der Waals surface area contributed by atoms with Crippen LogP contribution in [-0.4, -0.2) is 31.5 Å². The highest BCUT2D eigenvalue weighted by atomic mass is 32.2. The summed E-state index contributed by atoms with van der Waals surface area (Å²) >= 11 is 0. The maximum Gasteiger partial charge on any atom is 0.252 e. The molecular weight excluding hydrogens is 376 g/mol. The lowest BCUT2D eigenvalue weighted by Crippen LogP contribution is -2.82. The van der Waals surface area contributed by atoms with Gasteiger partial charge in [0.25, 0.3) is 5.91 Å². The molecule has 0 spiro atoms. The lowest BCUT2D eigenvalue weighted by atomic mass is 10.0. The van der Waals surface area contributed by atoms with Crippen LogP contribution in [0.3, 0.4) is 0 Å². The molecule has 1 amide bonds. The van der Waals surface area contributed by atoms with E-state index in [1.54, 1.807) is 6.07 Å². The molecule has 0 aliphatic heterocycles. The highest BCUT2D eigenvalue weighted by molar-refractivity contribution is 7.85. The van der Waals surface area contributed by atoms with E-state index in [1.165, 1.54) is 28.8 Å². The van der Waals surface area contributed by atoms with E-state index in [9.17, 15) is 17.8 Å². The van der Waals surface area contributed by atoms with Crippen LogP contribution in [0.2, 0.25) is 0 Å². The first kappa shape index (κ1) is 22.1. The number of benzene rings is 2. The fourth-order valence-electron chi connectivity index (χ4n) is 3.37. The van der Waals surface area contributed by atoms with Crippen molar-refractivity contribution >= 4 is 21.7 Å². The number of hydrogen-bond donors (Lipinski definition) is 2. The molecule has 0 aliphatic rings. The van der Waals surface area contributed by atoms with E-state index < -0.39 is 20.9 Å². The lowest BCUT2D eigenvalue weighted by molar-refractivity contribution is -0.576. The Morgan fingerprint density at radius 2 is 1.68 bits per heavy atom. The van der Waals surface area contributed by atoms with Gasteiger partial charge >= 0.3 is 0 Å². The molecule has 28 heavy (non-hydrogen) atoms. The van der Waals surface area contributed by atoms with Gasteiger partial charge in [-0.25, -0.2) is 8.42 Å². The topological polar surface area (TPSA) is 103 Å². The summed E-state index contributed by atoms with van der Waals surface area (Å²) in [6, 6.07) is 9.53. The summed E-state index contributed by atoms with van der Waals surface area (Å²) in [5.41, 5.74) is 4.58. The third-order valence-corrected chi connectivity index (χ3v) is 5.73. The molecule has 0 saturated heterocycles. The van der Waals surface area contributed by atoms with Gasteiger partial charge in [0, 0.05) is 11.1 Å². The Labute approximate surface area is 167 Å². The average molecular weight is 405 g/mol. The van der Waals surface area contributed by atoms with Gasteiger partial charge in [0.2, 0.25) is 0 Å². The van der Waals surface area contributed by atoms with Gasteiger partial charge in [0.05, 0.1) is 16.5 Å². The molecule has 0 heterocycles. The Kier molecular flexibility index (Phi) is 6.98. The molecule has 0 aliphatic carbocycles. The molecule has 2 aromatic rings. The van der Waals surface area contributed by atoms with Gasteiger partial charge in [-0.05, 0) is 38.8 Å². The molecule has 0 aromatic heterocycles. The zero-order chi connectivity index (χ0) is 21.1. The standard InChI is InChI=1S/C21H28N2O4S/c1-13(2)18(12-22-20-15(4)10-14(3)11-16(20)5)23-21(24)17-8-6-7-9-19(17)28(25,26)27/h6-11,13,18,22H,12H2,1-5H3,(H,23,24)(H,25,26,27)/t18-/m1/s1. The van der Waals surface area contributed by atoms with Crippen LogP contribution < -0.4 is 10.6 Å². The monoisotopic (exact) mass is 404 g/mol. The molecule has 2 rings (SSSR count). The molecule has 0 saturated carbocycles. The van der Waals surface area contributed by atoms with Crippen molar-refractivity contribution in [2.24, 2.45) is 5.92 Å². The summed E-state index contributed by atoms with van der Waals surface area (Å²) in [7, 11) is -4.72. The molecule has 0 bridgehead atoms. The van der Waals surface area contributed by atoms with E-state index in [0.29, 0.717) is 6.54 Å². The van der Waals surface area contributed by atoms with Crippen molar-refractivity contribution in [2.75, 3.05) is 6.54 Å². The third kappa shape index (κ3) is 5.41. The summed E-state index contributed by atoms with van der Waals surface area (Å²) in [6.07, 6.45) is 0. The van der Waals surface area contributed by atoms with E-state index in [4.69, 9.17) is 0 Å². The smallest absolute Gasteiger partial charge is 0.252 e. The normalized spacial score (nSPS) is 12.8. The second-order valence-corrected chi connectivity index (χ2v) is 8.87. The van der Waals surface area contributed by atoms with Crippen LogP contribution in [-0.2, 0) is 10.1 Å². The summed E-state index contributed by atoms with van der Waals surface area (Å²) < 4.78 is 34.3. The van der Waals surface area contributed by atoms with Gasteiger partial charge in [-0.1, -0.05) is 43.7 Å². The summed E-state index contributed by atoms with van der Waals surface area (Å²) in [6.45, 7) is 10.8. The van der Waals surface area contributed by atoms with Crippen LogP contribution in [0.1, 0.15) is 40.9 Å². The molecule has 152 valence electrons. The van der Waals surface area contributed by atoms with E-state index in [1.807, 2.05) is 13.8 Å². The van der Waals surface area contributed by atoms with Crippen LogP contribution in [0.25, 0.3) is 0 Å². The SMILES string of the molecule is Cc1cc(C)c([NH2+]C[C@@H](NC(=O)c2ccccc2S(=O)(=O)[O-])C(C)C)c(C)c1. The van der Waals surface area contributed by atoms with E-state index in [-0.39, 0.29) is 17.5 Å². The van der Waals surface area contributed by atoms with Gasteiger partial charge in [-0.2, -0.15) is 0 Å². The summed E-state index contributed by atoms with van der Waals surface area (Å²) in [4.78, 5) is 12.2. The lowest BCUT2D eigenvalue weighted by Gasteiger charge is -2.23. The summed E-state index contributed by atoms with van der Waals surface area (Å²) in [5.74, 6) is -0.429. The molecular formula is C21H28N2O4S. The molecule has 0 radical (unpaired) electrons. The number of hydrogen-bond acceptors (Lipinski definition) is 4. The van der Waals surface area contributed by atoms with Gasteiger partial charge in [-0.15, -0.1) is 0 Å². The minimum Gasteiger partial charge on any atom is -0.744 e. The molecule has 0 unspecified atom stereocenters. The van der Waals surface area contributed by atoms with Crippen LogP contribution in [0.5, 0.6) is 0 Å². The van der Waals surface area contributed by atoms with Crippen molar-refractivity contribution in [1.29, 1.82) is 0 Å². The van der Waals surface area contributed by atoms with E-state index in [0.717, 1.165) is 11.8 Å². The molecule has 3 N–H and O–H groups in total. The highest BCUT2D eigenvalue weighted by Gasteiger charge is 2.23. The predicted molar refractivity (Wildman–Crippen MR) is 108 cm³/mol. The molecule has 0 fully saturated rings. The quantitative estimate of drug-likeness (QED) is 0.545. The molecule has 7 heteroatoms. The first-order chi connectivity index (χ1) is 13.0. The average Bonchev–Trinajstić information content (AvgIpc) is 2.58. The first-order valence-electron chi connectivity index (χ1n) is 9.27. The highest BCUT2D eigenvalue weighted by Crippen LogP contribution is 2.18. The fourth-order valence-corrected chi connectivity index (χ4v) is 4.05. The summed E-state index contributed by atoms with van der Waals surface area (Å²) in [5, 5.41) is 4.99. The van der Waals surface area contributed by atoms with Crippen molar-refractivity contribution in [1.82, 2.24) is 5.32 Å². The minimum absolute atomic E-state index is 0.120. The van der Waals surface area contributed by atoms with Gasteiger partial charge in [-0.3, -0.25) is 4.79 Å². The molecule has 2 aromatic carbocycles. The van der Waals surface area contributed by atoms with Gasteiger partial charge in [0.1, 0.15) is 22.4 Å². The van der Waals surface area contributed by atoms with Crippen molar-refractivity contribution < 1.29 is 23.1 Å². The van der Waals surface area contributed by atoms with Gasteiger partial charge < -0.3 is 15.2 Å². The van der Waals surface area contributed by atoms with Crippen LogP contribution in [0, 0.1) is 26.7 Å². The second kappa shape index (κ2) is 8.86. The van der Waals surface area contributed by atoms with Crippen molar-refractivity contribution in [3.05, 3.63) is 58.7 Å². The van der Waals surface area contributed by atoms with Gasteiger partial charge in [0.15, 0.2) is 0 Å². The zero-order valence-corrected chi connectivity index (χ0v) is 17.8. The van der Waals surface area contributed by atoms with Crippen molar-refractivity contribution in [2.45, 2.75) is 45.6 Å². The number of amides is 1. The minimum atomic E-state index is -4.72. The largest absolute Gasteiger partial charge is 0.744 e. The Morgan fingerprint density at radius 3 is 2.21 bits per heavy atom. The number of nitrogens with one attached hydrogen (secondary N) is 1. The Morgan fingerprint density at radius 1 is 1.11 bits per heavy atom. The Balaban J connectivity index is 2.20. The molecule has 1 atom stereocenters. The van der Waals surface area contributed by atoms with E-state index in [2.05, 4.69) is 43.5 Å². The maximum absolute atomic E-state index is 12.7. The number of nitrogens with two attached hydrogens (primary N) is 1. The molecule has 6 nitrogen and oxygen atoms in total. The van der Waals surface area contributed by atoms with Crippen LogP contribution >= 0.6 is 0 Å². The van der Waals surface area contributed by atoms with Crippen molar-refractivity contribution in [3.8, 4) is 0 Å². The third-order valence-electron chi connectivity index (χ3n) is 4.84. The number of rotatable bonds is 7. The van der Waals surface area contributed by atoms with Crippen molar-refractivity contribution in [3.63, 3.8) is 0 Å². The number of carbonyl (C=O) groups excluding carboxylic acids is 1. The Bertz CT molecular complexity index is 945. The van der Waals surface area contributed by atoms with Crippen LogP contribution in [0.15, 0.2) is 41.3 Å². The number of carbonyl (C=O) groups is 1. The second-order valence-electron chi connectivity index (χ2n) is 7.53. The fraction of sp³-hybridized carbons (Fsp3) is 0.381. The van der Waals surface area contributed by atoms with Crippen LogP contribution in [0.4, 0.5) is 5.69 Å².